The number of alkyl halides is 1. The fourth-order valence-corrected chi connectivity index (χ4v) is 3.14. The van der Waals surface area contributed by atoms with Gasteiger partial charge in [0.25, 0.3) is 0 Å². The molecule has 0 radical (unpaired) electrons. The SMILES string of the molecule is Cc1cccc(Oc2ccc(CBr)c(Br)c2)c1[N+](=O)[O-]. The molecule has 6 heteroatoms. The largest absolute Gasteiger partial charge is 0.450 e. The van der Waals surface area contributed by atoms with E-state index in [9.17, 15) is 10.1 Å². The molecule has 4 nitrogen and oxygen atoms in total. The summed E-state index contributed by atoms with van der Waals surface area (Å²) in [6.07, 6.45) is 0. The van der Waals surface area contributed by atoms with Crippen LogP contribution in [0.1, 0.15) is 11.1 Å². The quantitative estimate of drug-likeness (QED) is 0.394. The normalized spacial score (nSPS) is 10.3. The highest BCUT2D eigenvalue weighted by atomic mass is 79.9. The molecule has 0 aliphatic rings. The van der Waals surface area contributed by atoms with Crippen LogP contribution in [0.2, 0.25) is 0 Å². The number of rotatable bonds is 4. The van der Waals surface area contributed by atoms with Crippen molar-refractivity contribution in [3.63, 3.8) is 0 Å². The van der Waals surface area contributed by atoms with Crippen LogP contribution in [0.5, 0.6) is 11.5 Å². The summed E-state index contributed by atoms with van der Waals surface area (Å²) >= 11 is 6.82. The maximum Gasteiger partial charge on any atom is 0.314 e. The maximum absolute atomic E-state index is 11.1. The van der Waals surface area contributed by atoms with E-state index in [0.717, 1.165) is 15.4 Å². The lowest BCUT2D eigenvalue weighted by atomic mass is 10.2. The molecule has 0 saturated heterocycles. The Kier molecular flexibility index (Phi) is 4.77. The highest BCUT2D eigenvalue weighted by molar-refractivity contribution is 9.10. The molecule has 0 aromatic heterocycles. The first-order chi connectivity index (χ1) is 9.52. The smallest absolute Gasteiger partial charge is 0.314 e. The molecule has 0 bridgehead atoms. The zero-order chi connectivity index (χ0) is 14.7. The monoisotopic (exact) mass is 399 g/mol. The van der Waals surface area contributed by atoms with Crippen LogP contribution in [-0.2, 0) is 5.33 Å². The van der Waals surface area contributed by atoms with Crippen LogP contribution in [0, 0.1) is 17.0 Å². The van der Waals surface area contributed by atoms with Gasteiger partial charge in [0.1, 0.15) is 5.75 Å². The van der Waals surface area contributed by atoms with Crippen LogP contribution in [-0.4, -0.2) is 4.92 Å². The molecule has 0 unspecified atom stereocenters. The van der Waals surface area contributed by atoms with Gasteiger partial charge in [-0.25, -0.2) is 0 Å². The van der Waals surface area contributed by atoms with E-state index < -0.39 is 4.92 Å². The van der Waals surface area contributed by atoms with Gasteiger partial charge in [0.15, 0.2) is 0 Å². The molecule has 0 aliphatic carbocycles. The molecule has 0 fully saturated rings. The molecule has 2 rings (SSSR count). The molecule has 0 N–H and O–H groups in total. The Bertz CT molecular complexity index is 659. The number of nitro groups is 1. The highest BCUT2D eigenvalue weighted by Gasteiger charge is 2.18. The molecule has 0 spiro atoms. The zero-order valence-corrected chi connectivity index (χ0v) is 13.8. The van der Waals surface area contributed by atoms with Crippen LogP contribution >= 0.6 is 31.9 Å². The second-order valence-electron chi connectivity index (χ2n) is 4.17. The Balaban J connectivity index is 2.38. The van der Waals surface area contributed by atoms with Crippen molar-refractivity contribution in [2.45, 2.75) is 12.3 Å². The number of halogens is 2. The molecule has 0 heterocycles. The molecular formula is C14H11Br2NO3. The van der Waals surface area contributed by atoms with Gasteiger partial charge < -0.3 is 4.74 Å². The Morgan fingerprint density at radius 3 is 2.65 bits per heavy atom. The third-order valence-electron chi connectivity index (χ3n) is 2.78. The predicted octanol–water partition coefficient (Wildman–Crippen LogP) is 5.35. The van der Waals surface area contributed by atoms with Crippen molar-refractivity contribution >= 4 is 37.5 Å². The van der Waals surface area contributed by atoms with Crippen molar-refractivity contribution in [3.8, 4) is 11.5 Å². The van der Waals surface area contributed by atoms with Gasteiger partial charge in [-0.2, -0.15) is 0 Å². The number of nitro benzene ring substituents is 1. The molecule has 0 atom stereocenters. The highest BCUT2D eigenvalue weighted by Crippen LogP contribution is 2.35. The van der Waals surface area contributed by atoms with Gasteiger partial charge in [0.05, 0.1) is 4.92 Å². The first kappa shape index (κ1) is 15.0. The topological polar surface area (TPSA) is 52.4 Å². The van der Waals surface area contributed by atoms with E-state index in [-0.39, 0.29) is 11.4 Å². The number of ether oxygens (including phenoxy) is 1. The van der Waals surface area contributed by atoms with Crippen molar-refractivity contribution in [3.05, 3.63) is 62.1 Å². The minimum Gasteiger partial charge on any atom is -0.450 e. The minimum absolute atomic E-state index is 0.00631. The first-order valence-corrected chi connectivity index (χ1v) is 7.70. The average Bonchev–Trinajstić information content (AvgIpc) is 2.38. The van der Waals surface area contributed by atoms with E-state index in [1.165, 1.54) is 0 Å². The number of hydrogen-bond donors (Lipinski definition) is 0. The number of aryl methyl sites for hydroxylation is 1. The molecule has 0 aliphatic heterocycles. The average molecular weight is 401 g/mol. The van der Waals surface area contributed by atoms with Crippen LogP contribution in [0.15, 0.2) is 40.9 Å². The molecule has 2 aromatic carbocycles. The van der Waals surface area contributed by atoms with E-state index >= 15 is 0 Å². The van der Waals surface area contributed by atoms with Crippen LogP contribution < -0.4 is 4.74 Å². The van der Waals surface area contributed by atoms with Crippen molar-refractivity contribution in [2.75, 3.05) is 0 Å². The van der Waals surface area contributed by atoms with E-state index in [1.807, 2.05) is 6.07 Å². The fourth-order valence-electron chi connectivity index (χ4n) is 1.78. The molecule has 104 valence electrons. The lowest BCUT2D eigenvalue weighted by Crippen LogP contribution is -1.96. The van der Waals surface area contributed by atoms with Gasteiger partial charge in [-0.3, -0.25) is 10.1 Å². The van der Waals surface area contributed by atoms with E-state index in [4.69, 9.17) is 4.74 Å². The molecule has 0 amide bonds. The number of benzene rings is 2. The zero-order valence-electron chi connectivity index (χ0n) is 10.6. The summed E-state index contributed by atoms with van der Waals surface area (Å²) in [7, 11) is 0. The number of para-hydroxylation sites is 1. The summed E-state index contributed by atoms with van der Waals surface area (Å²) in [4.78, 5) is 10.7. The summed E-state index contributed by atoms with van der Waals surface area (Å²) in [5.74, 6) is 0.795. The fraction of sp³-hybridized carbons (Fsp3) is 0.143. The third-order valence-corrected chi connectivity index (χ3v) is 4.12. The maximum atomic E-state index is 11.1. The molecule has 0 saturated carbocycles. The standard InChI is InChI=1S/C14H11Br2NO3/c1-9-3-2-4-13(14(9)17(18)19)20-11-6-5-10(8-15)12(16)7-11/h2-7H,8H2,1H3. The summed E-state index contributed by atoms with van der Waals surface area (Å²) < 4.78 is 6.54. The lowest BCUT2D eigenvalue weighted by molar-refractivity contribution is -0.386. The first-order valence-electron chi connectivity index (χ1n) is 5.79. The second kappa shape index (κ2) is 6.37. The summed E-state index contributed by atoms with van der Waals surface area (Å²) in [6, 6.07) is 10.5. The Morgan fingerprint density at radius 2 is 2.05 bits per heavy atom. The number of nitrogens with zero attached hydrogens (tertiary/aromatic N) is 1. The summed E-state index contributed by atoms with van der Waals surface area (Å²) in [6.45, 7) is 1.69. The van der Waals surface area contributed by atoms with Crippen molar-refractivity contribution in [1.82, 2.24) is 0 Å². The Labute approximate surface area is 133 Å². The second-order valence-corrected chi connectivity index (χ2v) is 5.58. The van der Waals surface area contributed by atoms with Gasteiger partial charge in [0.2, 0.25) is 5.75 Å². The minimum atomic E-state index is -0.424. The number of hydrogen-bond acceptors (Lipinski definition) is 3. The van der Waals surface area contributed by atoms with Crippen molar-refractivity contribution < 1.29 is 9.66 Å². The van der Waals surface area contributed by atoms with Gasteiger partial charge in [0, 0.05) is 15.4 Å². The van der Waals surface area contributed by atoms with E-state index in [1.54, 1.807) is 37.3 Å². The predicted molar refractivity (Wildman–Crippen MR) is 84.7 cm³/mol. The summed E-state index contributed by atoms with van der Waals surface area (Å²) in [5.41, 5.74) is 1.65. The molecule has 20 heavy (non-hydrogen) atoms. The molecular weight excluding hydrogens is 390 g/mol. The van der Waals surface area contributed by atoms with Crippen molar-refractivity contribution in [1.29, 1.82) is 0 Å². The Hall–Kier alpha value is -1.40. The van der Waals surface area contributed by atoms with E-state index in [0.29, 0.717) is 11.3 Å². The van der Waals surface area contributed by atoms with Crippen LogP contribution in [0.4, 0.5) is 5.69 Å². The van der Waals surface area contributed by atoms with E-state index in [2.05, 4.69) is 31.9 Å². The van der Waals surface area contributed by atoms with Gasteiger partial charge in [-0.1, -0.05) is 50.1 Å². The third kappa shape index (κ3) is 3.19. The van der Waals surface area contributed by atoms with Gasteiger partial charge in [-0.15, -0.1) is 0 Å². The van der Waals surface area contributed by atoms with Gasteiger partial charge in [-0.05, 0) is 30.7 Å². The summed E-state index contributed by atoms with van der Waals surface area (Å²) in [5, 5.41) is 11.8. The Morgan fingerprint density at radius 1 is 1.30 bits per heavy atom. The van der Waals surface area contributed by atoms with Gasteiger partial charge >= 0.3 is 5.69 Å². The van der Waals surface area contributed by atoms with Crippen LogP contribution in [0.25, 0.3) is 0 Å². The lowest BCUT2D eigenvalue weighted by Gasteiger charge is -2.09. The molecule has 2 aromatic rings. The van der Waals surface area contributed by atoms with Crippen LogP contribution in [0.3, 0.4) is 0 Å². The van der Waals surface area contributed by atoms with Crippen molar-refractivity contribution in [2.24, 2.45) is 0 Å².